The van der Waals surface area contributed by atoms with Gasteiger partial charge in [-0.25, -0.2) is 4.68 Å². The van der Waals surface area contributed by atoms with E-state index in [-0.39, 0.29) is 0 Å². The van der Waals surface area contributed by atoms with Crippen molar-refractivity contribution in [2.45, 2.75) is 6.92 Å². The minimum absolute atomic E-state index is 0.687. The maximum atomic E-state index is 5.97. The minimum atomic E-state index is 0.687. The van der Waals surface area contributed by atoms with Gasteiger partial charge in [0.15, 0.2) is 5.76 Å². The molecule has 0 aliphatic rings. The third-order valence-corrected chi connectivity index (χ3v) is 4.35. The molecule has 4 rings (SSSR count). The monoisotopic (exact) mass is 337 g/mol. The molecule has 1 aromatic carbocycles. The Bertz CT molecular complexity index is 1020. The second-order valence-electron chi connectivity index (χ2n) is 5.10. The van der Waals surface area contributed by atoms with E-state index in [2.05, 4.69) is 10.1 Å². The summed E-state index contributed by atoms with van der Waals surface area (Å²) in [4.78, 5) is 5.32. The summed E-state index contributed by atoms with van der Waals surface area (Å²) in [7, 11) is 0. The van der Waals surface area contributed by atoms with Crippen LogP contribution < -0.4 is 4.80 Å². The van der Waals surface area contributed by atoms with Crippen LogP contribution in [0.15, 0.2) is 73.0 Å². The maximum absolute atomic E-state index is 5.97. The molecule has 3 aromatic heterocycles. The molecule has 0 aliphatic heterocycles. The van der Waals surface area contributed by atoms with E-state index in [0.717, 1.165) is 27.2 Å². The van der Waals surface area contributed by atoms with Crippen molar-refractivity contribution in [3.05, 3.63) is 64.7 Å². The SMILES string of the molecule is CCN=c1scc(-c2cc3ccccc3o2)n1N=Cc1ccco1. The Balaban J connectivity index is 1.84. The summed E-state index contributed by atoms with van der Waals surface area (Å²) in [5, 5.41) is 7.60. The molecule has 3 heterocycles. The van der Waals surface area contributed by atoms with Crippen LogP contribution in [-0.4, -0.2) is 17.4 Å². The second kappa shape index (κ2) is 6.33. The maximum Gasteiger partial charge on any atom is 0.206 e. The van der Waals surface area contributed by atoms with Gasteiger partial charge in [-0.05, 0) is 31.2 Å². The van der Waals surface area contributed by atoms with Crippen LogP contribution in [-0.2, 0) is 0 Å². The number of thiazole rings is 1. The fraction of sp³-hybridized carbons (Fsp3) is 0.111. The summed E-state index contributed by atoms with van der Waals surface area (Å²) < 4.78 is 13.1. The molecule has 5 nitrogen and oxygen atoms in total. The highest BCUT2D eigenvalue weighted by molar-refractivity contribution is 7.07. The van der Waals surface area contributed by atoms with E-state index in [0.29, 0.717) is 12.3 Å². The molecule has 0 radical (unpaired) electrons. The van der Waals surface area contributed by atoms with Crippen molar-refractivity contribution < 1.29 is 8.83 Å². The van der Waals surface area contributed by atoms with Crippen LogP contribution in [0.2, 0.25) is 0 Å². The molecule has 6 heteroatoms. The van der Waals surface area contributed by atoms with E-state index < -0.39 is 0 Å². The second-order valence-corrected chi connectivity index (χ2v) is 5.93. The summed E-state index contributed by atoms with van der Waals surface area (Å²) in [6.07, 6.45) is 3.30. The largest absolute Gasteiger partial charge is 0.463 e. The van der Waals surface area contributed by atoms with E-state index in [1.165, 1.54) is 11.3 Å². The summed E-state index contributed by atoms with van der Waals surface area (Å²) in [6, 6.07) is 13.7. The van der Waals surface area contributed by atoms with Crippen molar-refractivity contribution in [3.8, 4) is 11.5 Å². The molecule has 0 fully saturated rings. The fourth-order valence-corrected chi connectivity index (χ4v) is 3.29. The highest BCUT2D eigenvalue weighted by Crippen LogP contribution is 2.28. The summed E-state index contributed by atoms with van der Waals surface area (Å²) in [5.74, 6) is 1.45. The molecule has 24 heavy (non-hydrogen) atoms. The molecular weight excluding hydrogens is 322 g/mol. The van der Waals surface area contributed by atoms with Gasteiger partial charge in [0.1, 0.15) is 17.0 Å². The van der Waals surface area contributed by atoms with Crippen molar-refractivity contribution in [2.24, 2.45) is 10.1 Å². The van der Waals surface area contributed by atoms with Crippen LogP contribution in [0.3, 0.4) is 0 Å². The number of furan rings is 2. The van der Waals surface area contributed by atoms with Gasteiger partial charge in [0, 0.05) is 17.3 Å². The molecule has 0 amide bonds. The minimum Gasteiger partial charge on any atom is -0.463 e. The zero-order valence-electron chi connectivity index (χ0n) is 13.0. The first-order chi connectivity index (χ1) is 11.8. The van der Waals surface area contributed by atoms with Gasteiger partial charge in [0.05, 0.1) is 12.5 Å². The average Bonchev–Trinajstić information content (AvgIpc) is 3.32. The Kier molecular flexibility index (Phi) is 3.88. The Morgan fingerprint density at radius 3 is 2.92 bits per heavy atom. The lowest BCUT2D eigenvalue weighted by atomic mass is 10.2. The number of hydrogen-bond donors (Lipinski definition) is 0. The zero-order chi connectivity index (χ0) is 16.4. The van der Waals surface area contributed by atoms with Gasteiger partial charge in [-0.2, -0.15) is 5.10 Å². The van der Waals surface area contributed by atoms with Gasteiger partial charge < -0.3 is 8.83 Å². The van der Waals surface area contributed by atoms with Crippen LogP contribution in [0.5, 0.6) is 0 Å². The molecule has 0 aliphatic carbocycles. The third-order valence-electron chi connectivity index (χ3n) is 3.50. The van der Waals surface area contributed by atoms with Crippen LogP contribution in [0.25, 0.3) is 22.4 Å². The number of nitrogens with zero attached hydrogens (tertiary/aromatic N) is 3. The molecule has 0 N–H and O–H groups in total. The smallest absolute Gasteiger partial charge is 0.206 e. The molecule has 120 valence electrons. The Labute approximate surface area is 142 Å². The van der Waals surface area contributed by atoms with Gasteiger partial charge in [-0.3, -0.25) is 4.99 Å². The first kappa shape index (κ1) is 14.7. The van der Waals surface area contributed by atoms with Crippen molar-refractivity contribution in [3.63, 3.8) is 0 Å². The average molecular weight is 337 g/mol. The van der Waals surface area contributed by atoms with E-state index in [1.54, 1.807) is 17.2 Å². The van der Waals surface area contributed by atoms with Crippen LogP contribution in [0.1, 0.15) is 12.7 Å². The van der Waals surface area contributed by atoms with E-state index in [9.17, 15) is 0 Å². The van der Waals surface area contributed by atoms with Gasteiger partial charge in [-0.15, -0.1) is 11.3 Å². The first-order valence-corrected chi connectivity index (χ1v) is 8.51. The number of fused-ring (bicyclic) bond motifs is 1. The van der Waals surface area contributed by atoms with E-state index in [1.807, 2.05) is 54.8 Å². The Morgan fingerprint density at radius 2 is 2.12 bits per heavy atom. The first-order valence-electron chi connectivity index (χ1n) is 7.63. The zero-order valence-corrected chi connectivity index (χ0v) is 13.9. The normalized spacial score (nSPS) is 12.6. The molecule has 0 saturated carbocycles. The van der Waals surface area contributed by atoms with Gasteiger partial charge in [0.2, 0.25) is 4.80 Å². The lowest BCUT2D eigenvalue weighted by Gasteiger charge is -1.99. The van der Waals surface area contributed by atoms with Crippen molar-refractivity contribution >= 4 is 28.5 Å². The van der Waals surface area contributed by atoms with Crippen molar-refractivity contribution in [1.29, 1.82) is 0 Å². The predicted octanol–water partition coefficient (Wildman–Crippen LogP) is 4.36. The molecule has 0 atom stereocenters. The molecule has 0 bridgehead atoms. The highest BCUT2D eigenvalue weighted by Gasteiger charge is 2.12. The molecule has 0 saturated heterocycles. The van der Waals surface area contributed by atoms with Crippen LogP contribution in [0, 0.1) is 0 Å². The van der Waals surface area contributed by atoms with Gasteiger partial charge >= 0.3 is 0 Å². The van der Waals surface area contributed by atoms with E-state index >= 15 is 0 Å². The molecular formula is C18H15N3O2S. The topological polar surface area (TPSA) is 55.9 Å². The summed E-state index contributed by atoms with van der Waals surface area (Å²) in [6.45, 7) is 2.69. The third kappa shape index (κ3) is 2.72. The molecule has 0 unspecified atom stereocenters. The molecule has 4 aromatic rings. The number of hydrogen-bond acceptors (Lipinski definition) is 5. The lowest BCUT2D eigenvalue weighted by Crippen LogP contribution is -2.12. The fourth-order valence-electron chi connectivity index (χ4n) is 2.41. The predicted molar refractivity (Wildman–Crippen MR) is 95.3 cm³/mol. The van der Waals surface area contributed by atoms with Crippen molar-refractivity contribution in [1.82, 2.24) is 4.68 Å². The number of aromatic nitrogens is 1. The number of benzene rings is 1. The Hall–Kier alpha value is -2.86. The Morgan fingerprint density at radius 1 is 1.21 bits per heavy atom. The highest BCUT2D eigenvalue weighted by atomic mass is 32.1. The van der Waals surface area contributed by atoms with Gasteiger partial charge in [0.25, 0.3) is 0 Å². The van der Waals surface area contributed by atoms with Crippen LogP contribution in [0.4, 0.5) is 0 Å². The van der Waals surface area contributed by atoms with Gasteiger partial charge in [-0.1, -0.05) is 18.2 Å². The number of rotatable bonds is 4. The van der Waals surface area contributed by atoms with E-state index in [4.69, 9.17) is 8.83 Å². The van der Waals surface area contributed by atoms with Crippen LogP contribution >= 0.6 is 11.3 Å². The number of para-hydroxylation sites is 1. The molecule has 0 spiro atoms. The standard InChI is InChI=1S/C18H15N3O2S/c1-2-19-18-21(20-11-14-7-5-9-22-14)15(12-24-18)17-10-13-6-3-4-8-16(13)23-17/h3-12H,2H2,1H3. The summed E-state index contributed by atoms with van der Waals surface area (Å²) >= 11 is 1.53. The summed E-state index contributed by atoms with van der Waals surface area (Å²) in [5.41, 5.74) is 1.72. The quantitative estimate of drug-likeness (QED) is 0.520. The van der Waals surface area contributed by atoms with Crippen molar-refractivity contribution in [2.75, 3.05) is 6.54 Å². The lowest BCUT2D eigenvalue weighted by molar-refractivity contribution is 0.559.